The summed E-state index contributed by atoms with van der Waals surface area (Å²) in [6.07, 6.45) is 6.60. The van der Waals surface area contributed by atoms with Crippen molar-refractivity contribution in [2.75, 3.05) is 13.7 Å². The van der Waals surface area contributed by atoms with Crippen molar-refractivity contribution >= 4 is 39.5 Å². The molecule has 0 bridgehead atoms. The van der Waals surface area contributed by atoms with E-state index < -0.39 is 5.97 Å². The molecule has 9 heteroatoms. The molecule has 1 aliphatic rings. The Labute approximate surface area is 183 Å². The van der Waals surface area contributed by atoms with Crippen LogP contribution >= 0.6 is 11.6 Å². The maximum absolute atomic E-state index is 12.5. The van der Waals surface area contributed by atoms with E-state index in [0.29, 0.717) is 22.4 Å². The van der Waals surface area contributed by atoms with Gasteiger partial charge >= 0.3 is 5.97 Å². The smallest absolute Gasteiger partial charge is 0.340 e. The third kappa shape index (κ3) is 3.18. The molecule has 1 aliphatic heterocycles. The lowest BCUT2D eigenvalue weighted by atomic mass is 10.1. The number of nitrogens with zero attached hydrogens (tertiary/aromatic N) is 5. The quantitative estimate of drug-likeness (QED) is 0.344. The van der Waals surface area contributed by atoms with Crippen molar-refractivity contribution in [3.05, 3.63) is 46.6 Å². The van der Waals surface area contributed by atoms with Crippen molar-refractivity contribution in [2.45, 2.75) is 39.3 Å². The van der Waals surface area contributed by atoms with E-state index in [4.69, 9.17) is 21.1 Å². The van der Waals surface area contributed by atoms with Crippen LogP contribution in [0, 0.1) is 13.8 Å². The van der Waals surface area contributed by atoms with Crippen LogP contribution in [0.3, 0.4) is 0 Å². The van der Waals surface area contributed by atoms with Gasteiger partial charge in [0.15, 0.2) is 11.9 Å². The van der Waals surface area contributed by atoms with Crippen molar-refractivity contribution in [3.63, 3.8) is 0 Å². The lowest BCUT2D eigenvalue weighted by Crippen LogP contribution is -2.19. The summed E-state index contributed by atoms with van der Waals surface area (Å²) in [5.74, 6) is 0.0265. The Bertz CT molecular complexity index is 1320. The third-order valence-corrected chi connectivity index (χ3v) is 6.02. The van der Waals surface area contributed by atoms with Crippen LogP contribution in [0.4, 0.5) is 0 Å². The van der Waals surface area contributed by atoms with E-state index in [1.807, 2.05) is 28.4 Å². The Morgan fingerprint density at radius 3 is 2.84 bits per heavy atom. The van der Waals surface area contributed by atoms with Gasteiger partial charge in [-0.1, -0.05) is 17.7 Å². The molecule has 0 aliphatic carbocycles. The third-order valence-electron chi connectivity index (χ3n) is 5.74. The van der Waals surface area contributed by atoms with Crippen molar-refractivity contribution < 1.29 is 14.3 Å². The number of halogens is 1. The molecule has 3 aromatic heterocycles. The SMILES string of the molecule is COC(=O)c1cn(-c2c(C)ccc3c2cnn3C2CCCCO2)c2nc(C)nc(Cl)c12. The summed E-state index contributed by atoms with van der Waals surface area (Å²) in [5, 5.41) is 6.28. The Balaban J connectivity index is 1.79. The van der Waals surface area contributed by atoms with Gasteiger partial charge in [-0.2, -0.15) is 5.10 Å². The van der Waals surface area contributed by atoms with Gasteiger partial charge in [-0.15, -0.1) is 0 Å². The Hall–Kier alpha value is -2.97. The summed E-state index contributed by atoms with van der Waals surface area (Å²) in [7, 11) is 1.34. The molecule has 4 aromatic rings. The molecule has 1 aromatic carbocycles. The molecule has 5 rings (SSSR count). The van der Waals surface area contributed by atoms with Gasteiger partial charge in [-0.25, -0.2) is 19.4 Å². The average molecular weight is 440 g/mol. The van der Waals surface area contributed by atoms with Crippen LogP contribution in [0.25, 0.3) is 27.6 Å². The normalized spacial score (nSPS) is 16.8. The maximum atomic E-state index is 12.5. The van der Waals surface area contributed by atoms with E-state index >= 15 is 0 Å². The molecule has 160 valence electrons. The molecule has 8 nitrogen and oxygen atoms in total. The Kier molecular flexibility index (Phi) is 4.91. The zero-order valence-electron chi connectivity index (χ0n) is 17.6. The summed E-state index contributed by atoms with van der Waals surface area (Å²) in [6, 6.07) is 4.09. The summed E-state index contributed by atoms with van der Waals surface area (Å²) >= 11 is 6.43. The van der Waals surface area contributed by atoms with Gasteiger partial charge in [0.05, 0.1) is 35.5 Å². The molecule has 0 spiro atoms. The lowest BCUT2D eigenvalue weighted by Gasteiger charge is -2.23. The van der Waals surface area contributed by atoms with Gasteiger partial charge in [-0.3, -0.25) is 4.57 Å². The van der Waals surface area contributed by atoms with E-state index in [9.17, 15) is 4.79 Å². The molecule has 31 heavy (non-hydrogen) atoms. The van der Waals surface area contributed by atoms with Crippen molar-refractivity contribution in [3.8, 4) is 5.69 Å². The number of ether oxygens (including phenoxy) is 2. The molecule has 1 unspecified atom stereocenters. The van der Waals surface area contributed by atoms with Crippen LogP contribution in [-0.4, -0.2) is 44.0 Å². The molecule has 1 saturated heterocycles. The van der Waals surface area contributed by atoms with Gasteiger partial charge < -0.3 is 9.47 Å². The second-order valence-electron chi connectivity index (χ2n) is 7.74. The minimum Gasteiger partial charge on any atom is -0.465 e. The van der Waals surface area contributed by atoms with Crippen LogP contribution in [0.15, 0.2) is 24.5 Å². The van der Waals surface area contributed by atoms with Crippen molar-refractivity contribution in [1.29, 1.82) is 0 Å². The molecule has 0 N–H and O–H groups in total. The minimum atomic E-state index is -0.491. The number of aryl methyl sites for hydroxylation is 2. The van der Waals surface area contributed by atoms with Gasteiger partial charge in [-0.05, 0) is 44.7 Å². The highest BCUT2D eigenvalue weighted by Crippen LogP contribution is 2.35. The monoisotopic (exact) mass is 439 g/mol. The fourth-order valence-corrected chi connectivity index (χ4v) is 4.61. The fraction of sp³-hybridized carbons (Fsp3) is 0.364. The first-order chi connectivity index (χ1) is 15.0. The summed E-state index contributed by atoms with van der Waals surface area (Å²) < 4.78 is 14.8. The Morgan fingerprint density at radius 1 is 1.26 bits per heavy atom. The summed E-state index contributed by atoms with van der Waals surface area (Å²) in [4.78, 5) is 21.3. The molecule has 0 saturated carbocycles. The second-order valence-corrected chi connectivity index (χ2v) is 8.10. The number of carbonyl (C=O) groups excluding carboxylic acids is 1. The number of hydrogen-bond donors (Lipinski definition) is 0. The van der Waals surface area contributed by atoms with Gasteiger partial charge in [0.2, 0.25) is 0 Å². The largest absolute Gasteiger partial charge is 0.465 e. The molecule has 0 amide bonds. The number of methoxy groups -OCH3 is 1. The van der Waals surface area contributed by atoms with E-state index in [2.05, 4.69) is 21.1 Å². The number of fused-ring (bicyclic) bond motifs is 2. The van der Waals surface area contributed by atoms with E-state index in [0.717, 1.165) is 48.0 Å². The zero-order valence-corrected chi connectivity index (χ0v) is 18.3. The van der Waals surface area contributed by atoms with Gasteiger partial charge in [0, 0.05) is 18.2 Å². The number of hydrogen-bond acceptors (Lipinski definition) is 6. The maximum Gasteiger partial charge on any atom is 0.340 e. The topological polar surface area (TPSA) is 84.1 Å². The van der Waals surface area contributed by atoms with Crippen LogP contribution in [-0.2, 0) is 9.47 Å². The molecule has 4 heterocycles. The Morgan fingerprint density at radius 2 is 2.10 bits per heavy atom. The summed E-state index contributed by atoms with van der Waals surface area (Å²) in [6.45, 7) is 4.53. The highest BCUT2D eigenvalue weighted by atomic mass is 35.5. The van der Waals surface area contributed by atoms with E-state index in [1.54, 1.807) is 13.1 Å². The van der Waals surface area contributed by atoms with Crippen LogP contribution in [0.2, 0.25) is 5.15 Å². The molecular weight excluding hydrogens is 418 g/mol. The predicted molar refractivity (Wildman–Crippen MR) is 117 cm³/mol. The number of esters is 1. The average Bonchev–Trinajstić information content (AvgIpc) is 3.36. The van der Waals surface area contributed by atoms with Crippen LogP contribution in [0.1, 0.15) is 47.2 Å². The van der Waals surface area contributed by atoms with Crippen molar-refractivity contribution in [1.82, 2.24) is 24.3 Å². The predicted octanol–water partition coefficient (Wildman–Crippen LogP) is 4.53. The van der Waals surface area contributed by atoms with Gasteiger partial charge in [0.1, 0.15) is 11.0 Å². The van der Waals surface area contributed by atoms with Gasteiger partial charge in [0.25, 0.3) is 0 Å². The second kappa shape index (κ2) is 7.62. The van der Waals surface area contributed by atoms with E-state index in [-0.39, 0.29) is 11.4 Å². The molecule has 0 radical (unpaired) electrons. The highest BCUT2D eigenvalue weighted by Gasteiger charge is 2.25. The summed E-state index contributed by atoms with van der Waals surface area (Å²) in [5.41, 5.74) is 3.73. The number of rotatable bonds is 3. The first-order valence-electron chi connectivity index (χ1n) is 10.2. The zero-order chi connectivity index (χ0) is 21.7. The van der Waals surface area contributed by atoms with Crippen LogP contribution < -0.4 is 0 Å². The fourth-order valence-electron chi connectivity index (χ4n) is 4.30. The molecule has 1 fully saturated rings. The van der Waals surface area contributed by atoms with Crippen LogP contribution in [0.5, 0.6) is 0 Å². The number of carbonyl (C=O) groups is 1. The van der Waals surface area contributed by atoms with E-state index in [1.165, 1.54) is 7.11 Å². The molecule has 1 atom stereocenters. The lowest BCUT2D eigenvalue weighted by molar-refractivity contribution is -0.0366. The first-order valence-corrected chi connectivity index (χ1v) is 10.6. The minimum absolute atomic E-state index is 0.0761. The standard InChI is InChI=1S/C22H22ClN5O3/c1-12-7-8-16-14(10-24-28(16)17-6-4-5-9-31-17)19(12)27-11-15(22(29)30-3)18-20(23)25-13(2)26-21(18)27/h7-8,10-11,17H,4-6,9H2,1-3H3. The highest BCUT2D eigenvalue weighted by molar-refractivity contribution is 6.35. The van der Waals surface area contributed by atoms with Crippen molar-refractivity contribution in [2.24, 2.45) is 0 Å². The first kappa shape index (κ1) is 20.0. The molecular formula is C22H22ClN5O3. The number of aromatic nitrogens is 5. The number of benzene rings is 1.